The minimum atomic E-state index is -1.12. The van der Waals surface area contributed by atoms with Crippen molar-refractivity contribution in [3.8, 4) is 5.75 Å². The van der Waals surface area contributed by atoms with E-state index in [0.29, 0.717) is 22.7 Å². The number of carbonyl (C=O) groups is 3. The number of aryl methyl sites for hydroxylation is 3. The molecule has 0 bridgehead atoms. The Labute approximate surface area is 236 Å². The number of primary amides is 1. The van der Waals surface area contributed by atoms with E-state index in [0.717, 1.165) is 34.6 Å². The molecule has 0 aliphatic carbocycles. The number of hydrogen-bond acceptors (Lipinski definition) is 7. The quantitative estimate of drug-likeness (QED) is 0.263. The molecule has 206 valence electrons. The van der Waals surface area contributed by atoms with Crippen molar-refractivity contribution in [3.05, 3.63) is 99.6 Å². The van der Waals surface area contributed by atoms with E-state index in [4.69, 9.17) is 16.2 Å². The first kappa shape index (κ1) is 28.3. The molecule has 10 heteroatoms. The average Bonchev–Trinajstić information content (AvgIpc) is 3.35. The molecule has 4 rings (SSSR count). The van der Waals surface area contributed by atoms with Crippen LogP contribution in [0.15, 0.2) is 66.7 Å². The van der Waals surface area contributed by atoms with Crippen molar-refractivity contribution >= 4 is 46.3 Å². The van der Waals surface area contributed by atoms with Crippen LogP contribution in [0.1, 0.15) is 55.4 Å². The summed E-state index contributed by atoms with van der Waals surface area (Å²) in [5.74, 6) is -1.27. The van der Waals surface area contributed by atoms with Crippen LogP contribution in [-0.4, -0.2) is 29.2 Å². The summed E-state index contributed by atoms with van der Waals surface area (Å²) < 4.78 is 9.32. The number of methoxy groups -OCH3 is 1. The summed E-state index contributed by atoms with van der Waals surface area (Å²) in [5.41, 5.74) is 15.8. The SMILES string of the molecule is CCc1ccc(N(C(=O)c2snc(C(N)=O)c2N)[C@@H](C(=O)Nc2c(C)cccc2C)c2ccc(OC)cc2)cc1. The number of rotatable bonds is 9. The number of nitrogens with two attached hydrogens (primary N) is 2. The van der Waals surface area contributed by atoms with Crippen LogP contribution in [0.4, 0.5) is 17.1 Å². The number of para-hydroxylation sites is 1. The van der Waals surface area contributed by atoms with Crippen LogP contribution in [0.25, 0.3) is 0 Å². The molecule has 4 aromatic rings. The summed E-state index contributed by atoms with van der Waals surface area (Å²) in [5, 5.41) is 3.04. The van der Waals surface area contributed by atoms with Crippen LogP contribution in [0.2, 0.25) is 0 Å². The van der Waals surface area contributed by atoms with Gasteiger partial charge < -0.3 is 21.5 Å². The first-order chi connectivity index (χ1) is 19.2. The minimum absolute atomic E-state index is 0.00625. The smallest absolute Gasteiger partial charge is 0.273 e. The Kier molecular flexibility index (Phi) is 8.49. The second-order valence-electron chi connectivity index (χ2n) is 9.27. The number of hydrogen-bond donors (Lipinski definition) is 3. The molecule has 3 aromatic carbocycles. The summed E-state index contributed by atoms with van der Waals surface area (Å²) in [6.07, 6.45) is 0.799. The van der Waals surface area contributed by atoms with Gasteiger partial charge in [-0.1, -0.05) is 49.4 Å². The van der Waals surface area contributed by atoms with Gasteiger partial charge in [-0.2, -0.15) is 4.37 Å². The molecule has 0 saturated carbocycles. The maximum absolute atomic E-state index is 14.2. The second kappa shape index (κ2) is 12.0. The van der Waals surface area contributed by atoms with Crippen LogP contribution in [0.5, 0.6) is 5.75 Å². The Morgan fingerprint density at radius 3 is 2.15 bits per heavy atom. The van der Waals surface area contributed by atoms with Gasteiger partial charge in [0.05, 0.1) is 12.8 Å². The third-order valence-corrected chi connectivity index (χ3v) is 7.52. The normalized spacial score (nSPS) is 11.5. The van der Waals surface area contributed by atoms with Crippen LogP contribution in [0, 0.1) is 13.8 Å². The van der Waals surface area contributed by atoms with Crippen molar-refractivity contribution in [3.63, 3.8) is 0 Å². The van der Waals surface area contributed by atoms with Gasteiger partial charge in [-0.05, 0) is 78.3 Å². The Balaban J connectivity index is 1.91. The maximum Gasteiger partial charge on any atom is 0.273 e. The highest BCUT2D eigenvalue weighted by atomic mass is 32.1. The largest absolute Gasteiger partial charge is 0.497 e. The monoisotopic (exact) mass is 557 g/mol. The summed E-state index contributed by atoms with van der Waals surface area (Å²) >= 11 is 0.764. The third kappa shape index (κ3) is 5.67. The fourth-order valence-electron chi connectivity index (χ4n) is 4.42. The Morgan fingerprint density at radius 2 is 1.62 bits per heavy atom. The van der Waals surface area contributed by atoms with Crippen molar-refractivity contribution in [2.45, 2.75) is 33.2 Å². The molecule has 0 spiro atoms. The molecule has 40 heavy (non-hydrogen) atoms. The molecular formula is C30H31N5O4S. The molecular weight excluding hydrogens is 526 g/mol. The van der Waals surface area contributed by atoms with Crippen molar-refractivity contribution < 1.29 is 19.1 Å². The zero-order chi connectivity index (χ0) is 29.0. The number of aromatic nitrogens is 1. The number of nitrogens with zero attached hydrogens (tertiary/aromatic N) is 2. The van der Waals surface area contributed by atoms with E-state index in [2.05, 4.69) is 9.69 Å². The van der Waals surface area contributed by atoms with E-state index < -0.39 is 23.8 Å². The summed E-state index contributed by atoms with van der Waals surface area (Å²) in [6, 6.07) is 18.9. The lowest BCUT2D eigenvalue weighted by Gasteiger charge is -2.32. The van der Waals surface area contributed by atoms with Gasteiger partial charge >= 0.3 is 0 Å². The molecule has 0 aliphatic rings. The predicted molar refractivity (Wildman–Crippen MR) is 158 cm³/mol. The van der Waals surface area contributed by atoms with E-state index in [9.17, 15) is 14.4 Å². The predicted octanol–water partition coefficient (Wildman–Crippen LogP) is 5.04. The maximum atomic E-state index is 14.2. The Bertz CT molecular complexity index is 1530. The molecule has 3 amide bonds. The van der Waals surface area contributed by atoms with Crippen LogP contribution >= 0.6 is 11.5 Å². The zero-order valence-corrected chi connectivity index (χ0v) is 23.5. The van der Waals surface area contributed by atoms with Gasteiger partial charge in [0, 0.05) is 11.4 Å². The number of anilines is 3. The number of ether oxygens (including phenoxy) is 1. The second-order valence-corrected chi connectivity index (χ2v) is 10.0. The van der Waals surface area contributed by atoms with Gasteiger partial charge in [-0.15, -0.1) is 0 Å². The number of benzene rings is 3. The fourth-order valence-corrected chi connectivity index (χ4v) is 5.16. The standard InChI is InChI=1S/C30H31N5O4S/c1-5-19-9-13-21(14-10-19)35(30(38)27-23(31)25(28(32)36)34-40-27)26(20-11-15-22(39-4)16-12-20)29(37)33-24-17(2)7-6-8-18(24)3/h6-16,26H,5,31H2,1-4H3,(H2,32,36)(H,33,37)/t26-/m1/s1. The summed E-state index contributed by atoms with van der Waals surface area (Å²) in [4.78, 5) is 41.7. The molecule has 1 aromatic heterocycles. The number of nitrogen functional groups attached to an aromatic ring is 1. The molecule has 1 atom stereocenters. The van der Waals surface area contributed by atoms with Gasteiger partial charge in [-0.25, -0.2) is 0 Å². The first-order valence-corrected chi connectivity index (χ1v) is 13.4. The lowest BCUT2D eigenvalue weighted by Crippen LogP contribution is -2.41. The van der Waals surface area contributed by atoms with Gasteiger partial charge in [0.25, 0.3) is 17.7 Å². The average molecular weight is 558 g/mol. The van der Waals surface area contributed by atoms with Gasteiger partial charge in [0.15, 0.2) is 5.69 Å². The molecule has 0 radical (unpaired) electrons. The zero-order valence-electron chi connectivity index (χ0n) is 22.7. The third-order valence-electron chi connectivity index (χ3n) is 6.66. The molecule has 9 nitrogen and oxygen atoms in total. The molecule has 1 heterocycles. The Hall–Kier alpha value is -4.70. The van der Waals surface area contributed by atoms with Gasteiger partial charge in [0.1, 0.15) is 16.7 Å². The van der Waals surface area contributed by atoms with E-state index in [1.54, 1.807) is 43.5 Å². The highest BCUT2D eigenvalue weighted by molar-refractivity contribution is 7.09. The van der Waals surface area contributed by atoms with Crippen molar-refractivity contribution in [2.24, 2.45) is 5.73 Å². The minimum Gasteiger partial charge on any atom is -0.497 e. The van der Waals surface area contributed by atoms with Crippen molar-refractivity contribution in [2.75, 3.05) is 23.1 Å². The number of amides is 3. The van der Waals surface area contributed by atoms with Gasteiger partial charge in [-0.3, -0.25) is 19.3 Å². The van der Waals surface area contributed by atoms with E-state index in [1.807, 2.05) is 51.1 Å². The summed E-state index contributed by atoms with van der Waals surface area (Å²) in [6.45, 7) is 5.83. The molecule has 5 N–H and O–H groups in total. The number of carbonyl (C=O) groups excluding carboxylic acids is 3. The van der Waals surface area contributed by atoms with E-state index in [1.165, 1.54) is 4.90 Å². The number of nitrogens with one attached hydrogen (secondary N) is 1. The van der Waals surface area contributed by atoms with Crippen LogP contribution < -0.4 is 26.4 Å². The topological polar surface area (TPSA) is 141 Å². The van der Waals surface area contributed by atoms with Crippen LogP contribution in [0.3, 0.4) is 0 Å². The highest BCUT2D eigenvalue weighted by Crippen LogP contribution is 2.35. The first-order valence-electron chi connectivity index (χ1n) is 12.6. The lowest BCUT2D eigenvalue weighted by atomic mass is 10.0. The molecule has 0 saturated heterocycles. The highest BCUT2D eigenvalue weighted by Gasteiger charge is 2.36. The van der Waals surface area contributed by atoms with Gasteiger partial charge in [0.2, 0.25) is 0 Å². The fraction of sp³-hybridized carbons (Fsp3) is 0.200. The van der Waals surface area contributed by atoms with E-state index in [-0.39, 0.29) is 16.3 Å². The van der Waals surface area contributed by atoms with Crippen molar-refractivity contribution in [1.82, 2.24) is 4.37 Å². The molecule has 0 fully saturated rings. The van der Waals surface area contributed by atoms with Crippen LogP contribution in [-0.2, 0) is 11.2 Å². The molecule has 0 aliphatic heterocycles. The van der Waals surface area contributed by atoms with Crippen molar-refractivity contribution in [1.29, 1.82) is 0 Å². The molecule has 0 unspecified atom stereocenters. The van der Waals surface area contributed by atoms with E-state index >= 15 is 0 Å². The Morgan fingerprint density at radius 1 is 1.00 bits per heavy atom. The summed E-state index contributed by atoms with van der Waals surface area (Å²) in [7, 11) is 1.55. The lowest BCUT2D eigenvalue weighted by molar-refractivity contribution is -0.117.